The molecule has 1 N–H and O–H groups in total. The zero-order chi connectivity index (χ0) is 26.0. The van der Waals surface area contributed by atoms with Crippen molar-refractivity contribution in [1.82, 2.24) is 0 Å². The first kappa shape index (κ1) is 24.7. The third-order valence-electron chi connectivity index (χ3n) is 6.19. The van der Waals surface area contributed by atoms with Crippen molar-refractivity contribution < 1.29 is 29.0 Å². The quantitative estimate of drug-likeness (QED) is 0.171. The third kappa shape index (κ3) is 4.60. The number of nitrogens with zero attached hydrogens (tertiary/aromatic N) is 1. The minimum atomic E-state index is -0.883. The lowest BCUT2D eigenvalue weighted by molar-refractivity contribution is -0.132. The number of ketones is 1. The molecule has 184 valence electrons. The predicted octanol–water partition coefficient (Wildman–Crippen LogP) is 5.12. The second kappa shape index (κ2) is 10.1. The van der Waals surface area contributed by atoms with E-state index >= 15 is 0 Å². The van der Waals surface area contributed by atoms with Gasteiger partial charge in [-0.2, -0.15) is 0 Å². The first-order valence-electron chi connectivity index (χ1n) is 11.6. The van der Waals surface area contributed by atoms with Gasteiger partial charge in [-0.3, -0.25) is 19.3 Å². The molecule has 1 heterocycles. The first-order chi connectivity index (χ1) is 17.2. The van der Waals surface area contributed by atoms with Gasteiger partial charge in [0.05, 0.1) is 18.7 Å². The molecule has 3 aromatic carbocycles. The van der Waals surface area contributed by atoms with Gasteiger partial charge in [0, 0.05) is 18.2 Å². The molecule has 1 unspecified atom stereocenters. The fraction of sp³-hybridized carbons (Fsp3) is 0.207. The normalized spacial score (nSPS) is 16.8. The molecular formula is C29H27NO6. The van der Waals surface area contributed by atoms with Crippen LogP contribution >= 0.6 is 0 Å². The number of carbonyl (C=O) groups excluding carboxylic acids is 3. The Kier molecular flexibility index (Phi) is 6.92. The summed E-state index contributed by atoms with van der Waals surface area (Å²) in [7, 11) is 1.55. The maximum Gasteiger partial charge on any atom is 0.308 e. The molecule has 0 spiro atoms. The van der Waals surface area contributed by atoms with Gasteiger partial charge in [0.2, 0.25) is 0 Å². The Morgan fingerprint density at radius 3 is 2.22 bits per heavy atom. The van der Waals surface area contributed by atoms with Crippen LogP contribution < -0.4 is 14.4 Å². The summed E-state index contributed by atoms with van der Waals surface area (Å²) in [6, 6.07) is 18.1. The molecule has 36 heavy (non-hydrogen) atoms. The Bertz CT molecular complexity index is 1360. The second-order valence-electron chi connectivity index (χ2n) is 8.54. The van der Waals surface area contributed by atoms with E-state index in [2.05, 4.69) is 0 Å². The molecule has 4 rings (SSSR count). The summed E-state index contributed by atoms with van der Waals surface area (Å²) in [5, 5.41) is 11.3. The third-order valence-corrected chi connectivity index (χ3v) is 6.19. The highest BCUT2D eigenvalue weighted by Crippen LogP contribution is 2.42. The number of aryl methyl sites for hydroxylation is 2. The van der Waals surface area contributed by atoms with Gasteiger partial charge in [-0.25, -0.2) is 0 Å². The molecule has 0 bridgehead atoms. The van der Waals surface area contributed by atoms with Crippen LogP contribution in [0.3, 0.4) is 0 Å². The number of methoxy groups -OCH3 is 1. The van der Waals surface area contributed by atoms with Gasteiger partial charge in [-0.05, 0) is 72.5 Å². The number of ether oxygens (including phenoxy) is 2. The number of Topliss-reactive ketones (excluding diaryl/α,β-unsaturated/α-hetero) is 1. The van der Waals surface area contributed by atoms with Crippen molar-refractivity contribution in [2.45, 2.75) is 33.2 Å². The van der Waals surface area contributed by atoms with Crippen molar-refractivity contribution in [3.05, 3.63) is 94.6 Å². The molecule has 1 amide bonds. The summed E-state index contributed by atoms with van der Waals surface area (Å²) in [5.74, 6) is -1.28. The molecular weight excluding hydrogens is 458 g/mol. The standard InChI is InChI=1S/C29H27NO6/c1-5-19-6-11-22(12-7-19)30-26(20-8-13-23(14-9-20)36-18(3)31)25(28(33)29(30)34)27(32)21-10-15-24(35-4)17(2)16-21/h6-16,26,32H,5H2,1-4H3/b27-25-. The average molecular weight is 486 g/mol. The summed E-state index contributed by atoms with van der Waals surface area (Å²) in [6.07, 6.45) is 0.830. The van der Waals surface area contributed by atoms with E-state index in [1.165, 1.54) is 11.8 Å². The molecule has 0 radical (unpaired) electrons. The number of carbonyl (C=O) groups is 3. The largest absolute Gasteiger partial charge is 0.507 e. The number of esters is 1. The van der Waals surface area contributed by atoms with Crippen molar-refractivity contribution in [3.63, 3.8) is 0 Å². The zero-order valence-corrected chi connectivity index (χ0v) is 20.6. The summed E-state index contributed by atoms with van der Waals surface area (Å²) < 4.78 is 10.4. The van der Waals surface area contributed by atoms with Gasteiger partial charge in [0.15, 0.2) is 0 Å². The molecule has 1 aliphatic heterocycles. The van der Waals surface area contributed by atoms with E-state index in [1.54, 1.807) is 61.7 Å². The van der Waals surface area contributed by atoms with Crippen LogP contribution in [-0.2, 0) is 20.8 Å². The molecule has 1 atom stereocenters. The van der Waals surface area contributed by atoms with Crippen LogP contribution in [0.1, 0.15) is 42.1 Å². The number of aliphatic hydroxyl groups is 1. The number of anilines is 1. The number of rotatable bonds is 6. The van der Waals surface area contributed by atoms with Crippen LogP contribution in [-0.4, -0.2) is 29.9 Å². The van der Waals surface area contributed by atoms with Crippen LogP contribution in [0.2, 0.25) is 0 Å². The average Bonchev–Trinajstić information content (AvgIpc) is 3.14. The second-order valence-corrected chi connectivity index (χ2v) is 8.54. The molecule has 0 aromatic heterocycles. The van der Waals surface area contributed by atoms with Crippen molar-refractivity contribution in [2.75, 3.05) is 12.0 Å². The molecule has 7 nitrogen and oxygen atoms in total. The molecule has 0 aliphatic carbocycles. The monoisotopic (exact) mass is 485 g/mol. The zero-order valence-electron chi connectivity index (χ0n) is 20.6. The Hall–Kier alpha value is -4.39. The van der Waals surface area contributed by atoms with Gasteiger partial charge in [-0.15, -0.1) is 0 Å². The fourth-order valence-electron chi connectivity index (χ4n) is 4.37. The lowest BCUT2D eigenvalue weighted by Crippen LogP contribution is -2.29. The first-order valence-corrected chi connectivity index (χ1v) is 11.6. The van der Waals surface area contributed by atoms with E-state index in [-0.39, 0.29) is 11.3 Å². The van der Waals surface area contributed by atoms with E-state index in [1.807, 2.05) is 26.0 Å². The van der Waals surface area contributed by atoms with Crippen LogP contribution in [0.5, 0.6) is 11.5 Å². The van der Waals surface area contributed by atoms with Gasteiger partial charge in [0.1, 0.15) is 17.3 Å². The highest BCUT2D eigenvalue weighted by atomic mass is 16.5. The number of amides is 1. The number of aliphatic hydroxyl groups excluding tert-OH is 1. The Balaban J connectivity index is 1.89. The van der Waals surface area contributed by atoms with E-state index in [0.717, 1.165) is 17.5 Å². The van der Waals surface area contributed by atoms with Gasteiger partial charge in [-0.1, -0.05) is 31.2 Å². The molecule has 3 aromatic rings. The Labute approximate surface area is 209 Å². The molecule has 1 saturated heterocycles. The minimum absolute atomic E-state index is 0.0237. The van der Waals surface area contributed by atoms with Crippen LogP contribution in [0.15, 0.2) is 72.3 Å². The van der Waals surface area contributed by atoms with E-state index in [9.17, 15) is 19.5 Å². The summed E-state index contributed by atoms with van der Waals surface area (Å²) in [5.41, 5.74) is 3.35. The van der Waals surface area contributed by atoms with E-state index in [0.29, 0.717) is 28.3 Å². The van der Waals surface area contributed by atoms with Gasteiger partial charge in [0.25, 0.3) is 11.7 Å². The number of hydrogen-bond acceptors (Lipinski definition) is 6. The molecule has 0 saturated carbocycles. The SMILES string of the molecule is CCc1ccc(N2C(=O)C(=O)/C(=C(\O)c3ccc(OC)c(C)c3)C2c2ccc(OC(C)=O)cc2)cc1. The summed E-state index contributed by atoms with van der Waals surface area (Å²) in [6.45, 7) is 5.16. The fourth-order valence-corrected chi connectivity index (χ4v) is 4.37. The molecule has 1 aliphatic rings. The lowest BCUT2D eigenvalue weighted by atomic mass is 9.94. The van der Waals surface area contributed by atoms with Crippen molar-refractivity contribution in [1.29, 1.82) is 0 Å². The maximum absolute atomic E-state index is 13.3. The van der Waals surface area contributed by atoms with Gasteiger partial charge < -0.3 is 14.6 Å². The predicted molar refractivity (Wildman–Crippen MR) is 136 cm³/mol. The Morgan fingerprint density at radius 1 is 1.00 bits per heavy atom. The van der Waals surface area contributed by atoms with Crippen molar-refractivity contribution in [3.8, 4) is 11.5 Å². The van der Waals surface area contributed by atoms with E-state index < -0.39 is 23.7 Å². The minimum Gasteiger partial charge on any atom is -0.507 e. The maximum atomic E-state index is 13.3. The van der Waals surface area contributed by atoms with Crippen LogP contribution in [0.25, 0.3) is 5.76 Å². The summed E-state index contributed by atoms with van der Waals surface area (Å²) >= 11 is 0. The summed E-state index contributed by atoms with van der Waals surface area (Å²) in [4.78, 5) is 39.4. The van der Waals surface area contributed by atoms with Crippen LogP contribution in [0.4, 0.5) is 5.69 Å². The van der Waals surface area contributed by atoms with Crippen molar-refractivity contribution >= 4 is 29.1 Å². The highest BCUT2D eigenvalue weighted by Gasteiger charge is 2.47. The van der Waals surface area contributed by atoms with Gasteiger partial charge >= 0.3 is 5.97 Å². The topological polar surface area (TPSA) is 93.1 Å². The Morgan fingerprint density at radius 2 is 1.67 bits per heavy atom. The smallest absolute Gasteiger partial charge is 0.308 e. The lowest BCUT2D eigenvalue weighted by Gasteiger charge is -2.26. The van der Waals surface area contributed by atoms with E-state index in [4.69, 9.17) is 9.47 Å². The van der Waals surface area contributed by atoms with Crippen LogP contribution in [0, 0.1) is 6.92 Å². The van der Waals surface area contributed by atoms with Crippen molar-refractivity contribution in [2.24, 2.45) is 0 Å². The highest BCUT2D eigenvalue weighted by molar-refractivity contribution is 6.51. The molecule has 7 heteroatoms. The number of hydrogen-bond donors (Lipinski definition) is 1. The molecule has 1 fully saturated rings. The number of benzene rings is 3.